The fourth-order valence-corrected chi connectivity index (χ4v) is 1.55. The Bertz CT molecular complexity index is 519. The molecule has 1 aromatic heterocycles. The van der Waals surface area contributed by atoms with Crippen LogP contribution in [0.15, 0.2) is 36.7 Å². The zero-order valence-corrected chi connectivity index (χ0v) is 9.17. The Labute approximate surface area is 97.7 Å². The standard InChI is InChI=1S/C12H11FN2O2/c1-17-9-5-3-2-4-8(9)11(16)10-12(13)15-7-6-14-10/h2-7,11,16H,1H3. The lowest BCUT2D eigenvalue weighted by molar-refractivity contribution is 0.202. The van der Waals surface area contributed by atoms with Gasteiger partial charge >= 0.3 is 0 Å². The van der Waals surface area contributed by atoms with Gasteiger partial charge in [0.05, 0.1) is 7.11 Å². The molecule has 0 bridgehead atoms. The van der Waals surface area contributed by atoms with Crippen LogP contribution in [0, 0.1) is 5.95 Å². The van der Waals surface area contributed by atoms with E-state index < -0.39 is 12.1 Å². The molecule has 0 aliphatic rings. The lowest BCUT2D eigenvalue weighted by Gasteiger charge is -2.13. The van der Waals surface area contributed by atoms with Crippen molar-refractivity contribution in [3.8, 4) is 5.75 Å². The monoisotopic (exact) mass is 234 g/mol. The maximum Gasteiger partial charge on any atom is 0.237 e. The summed E-state index contributed by atoms with van der Waals surface area (Å²) in [7, 11) is 1.48. The SMILES string of the molecule is COc1ccccc1C(O)c1nccnc1F. The normalized spacial score (nSPS) is 12.2. The Balaban J connectivity index is 2.44. The Kier molecular flexibility index (Phi) is 3.30. The van der Waals surface area contributed by atoms with Gasteiger partial charge in [-0.15, -0.1) is 0 Å². The number of methoxy groups -OCH3 is 1. The van der Waals surface area contributed by atoms with E-state index in [1.807, 2.05) is 0 Å². The molecule has 17 heavy (non-hydrogen) atoms. The second-order valence-electron chi connectivity index (χ2n) is 3.38. The fraction of sp³-hybridized carbons (Fsp3) is 0.167. The number of nitrogens with zero attached hydrogens (tertiary/aromatic N) is 2. The first kappa shape index (κ1) is 11.5. The number of aliphatic hydroxyl groups is 1. The predicted molar refractivity (Wildman–Crippen MR) is 59.0 cm³/mol. The fourth-order valence-electron chi connectivity index (χ4n) is 1.55. The summed E-state index contributed by atoms with van der Waals surface area (Å²) in [4.78, 5) is 7.24. The lowest BCUT2D eigenvalue weighted by Crippen LogP contribution is -2.08. The number of benzene rings is 1. The third-order valence-corrected chi connectivity index (χ3v) is 2.37. The van der Waals surface area contributed by atoms with Crippen molar-refractivity contribution in [3.05, 3.63) is 53.9 Å². The summed E-state index contributed by atoms with van der Waals surface area (Å²) in [6.07, 6.45) is 1.37. The third kappa shape index (κ3) is 2.24. The Morgan fingerprint density at radius 3 is 2.65 bits per heavy atom. The molecule has 0 saturated heterocycles. The van der Waals surface area contributed by atoms with Crippen LogP contribution in [0.25, 0.3) is 0 Å². The number of ether oxygens (including phenoxy) is 1. The van der Waals surface area contributed by atoms with Crippen LogP contribution in [0.5, 0.6) is 5.75 Å². The summed E-state index contributed by atoms with van der Waals surface area (Å²) < 4.78 is 18.5. The van der Waals surface area contributed by atoms with Gasteiger partial charge in [-0.1, -0.05) is 18.2 Å². The topological polar surface area (TPSA) is 55.2 Å². The first-order valence-electron chi connectivity index (χ1n) is 5.01. The highest BCUT2D eigenvalue weighted by molar-refractivity contribution is 5.38. The molecular weight excluding hydrogens is 223 g/mol. The molecule has 0 spiro atoms. The van der Waals surface area contributed by atoms with Crippen LogP contribution < -0.4 is 4.74 Å². The molecule has 0 aliphatic heterocycles. The average molecular weight is 234 g/mol. The van der Waals surface area contributed by atoms with Crippen LogP contribution in [0.3, 0.4) is 0 Å². The Morgan fingerprint density at radius 1 is 1.24 bits per heavy atom. The summed E-state index contributed by atoms with van der Waals surface area (Å²) in [5, 5.41) is 10.1. The predicted octanol–water partition coefficient (Wildman–Crippen LogP) is 1.71. The molecule has 0 amide bonds. The largest absolute Gasteiger partial charge is 0.496 e. The number of aromatic nitrogens is 2. The molecule has 5 heteroatoms. The Hall–Kier alpha value is -2.01. The van der Waals surface area contributed by atoms with Gasteiger partial charge in [0.1, 0.15) is 17.5 Å². The van der Waals surface area contributed by atoms with Crippen molar-refractivity contribution in [1.82, 2.24) is 9.97 Å². The molecule has 1 heterocycles. The van der Waals surface area contributed by atoms with Crippen LogP contribution in [-0.2, 0) is 0 Å². The van der Waals surface area contributed by atoms with Crippen molar-refractivity contribution in [2.24, 2.45) is 0 Å². The zero-order chi connectivity index (χ0) is 12.3. The van der Waals surface area contributed by atoms with E-state index in [2.05, 4.69) is 9.97 Å². The van der Waals surface area contributed by atoms with E-state index >= 15 is 0 Å². The maximum atomic E-state index is 13.4. The highest BCUT2D eigenvalue weighted by Crippen LogP contribution is 2.29. The minimum atomic E-state index is -1.19. The van der Waals surface area contributed by atoms with Crippen molar-refractivity contribution < 1.29 is 14.2 Å². The molecule has 1 N–H and O–H groups in total. The van der Waals surface area contributed by atoms with Crippen LogP contribution >= 0.6 is 0 Å². The first-order valence-corrected chi connectivity index (χ1v) is 5.01. The van der Waals surface area contributed by atoms with Gasteiger partial charge in [0.15, 0.2) is 0 Å². The second kappa shape index (κ2) is 4.88. The summed E-state index contributed by atoms with van der Waals surface area (Å²) in [5.74, 6) is -0.309. The molecular formula is C12H11FN2O2. The summed E-state index contributed by atoms with van der Waals surface area (Å²) in [5.41, 5.74) is 0.339. The van der Waals surface area contributed by atoms with Gasteiger partial charge in [-0.2, -0.15) is 4.39 Å². The molecule has 88 valence electrons. The van der Waals surface area contributed by atoms with Gasteiger partial charge in [0.25, 0.3) is 0 Å². The van der Waals surface area contributed by atoms with E-state index in [-0.39, 0.29) is 5.69 Å². The minimum Gasteiger partial charge on any atom is -0.496 e. The molecule has 0 radical (unpaired) electrons. The van der Waals surface area contributed by atoms with E-state index in [4.69, 9.17) is 4.74 Å². The van der Waals surface area contributed by atoms with Gasteiger partial charge in [-0.05, 0) is 6.07 Å². The van der Waals surface area contributed by atoms with E-state index in [0.29, 0.717) is 11.3 Å². The molecule has 0 fully saturated rings. The van der Waals surface area contributed by atoms with Gasteiger partial charge < -0.3 is 9.84 Å². The lowest BCUT2D eigenvalue weighted by atomic mass is 10.1. The van der Waals surface area contributed by atoms with Crippen LogP contribution in [0.1, 0.15) is 17.4 Å². The molecule has 0 saturated carbocycles. The molecule has 1 atom stereocenters. The van der Waals surface area contributed by atoms with Gasteiger partial charge in [-0.3, -0.25) is 4.98 Å². The van der Waals surface area contributed by atoms with Gasteiger partial charge in [-0.25, -0.2) is 4.98 Å². The summed E-state index contributed by atoms with van der Waals surface area (Å²) >= 11 is 0. The van der Waals surface area contributed by atoms with Crippen molar-refractivity contribution >= 4 is 0 Å². The summed E-state index contributed by atoms with van der Waals surface area (Å²) in [6, 6.07) is 6.84. The number of aliphatic hydroxyl groups excluding tert-OH is 1. The number of hydrogen-bond donors (Lipinski definition) is 1. The smallest absolute Gasteiger partial charge is 0.237 e. The molecule has 4 nitrogen and oxygen atoms in total. The van der Waals surface area contributed by atoms with Crippen LogP contribution in [-0.4, -0.2) is 22.2 Å². The highest BCUT2D eigenvalue weighted by Gasteiger charge is 2.20. The van der Waals surface area contributed by atoms with Crippen molar-refractivity contribution in [2.75, 3.05) is 7.11 Å². The number of rotatable bonds is 3. The Morgan fingerprint density at radius 2 is 1.94 bits per heavy atom. The van der Waals surface area contributed by atoms with E-state index in [1.54, 1.807) is 24.3 Å². The van der Waals surface area contributed by atoms with Crippen LogP contribution in [0.2, 0.25) is 0 Å². The van der Waals surface area contributed by atoms with Gasteiger partial charge in [0.2, 0.25) is 5.95 Å². The van der Waals surface area contributed by atoms with E-state index in [0.717, 1.165) is 0 Å². The second-order valence-corrected chi connectivity index (χ2v) is 3.38. The van der Waals surface area contributed by atoms with Crippen molar-refractivity contribution in [3.63, 3.8) is 0 Å². The van der Waals surface area contributed by atoms with E-state index in [9.17, 15) is 9.50 Å². The first-order chi connectivity index (χ1) is 8.24. The molecule has 0 aliphatic carbocycles. The molecule has 1 aromatic carbocycles. The zero-order valence-electron chi connectivity index (χ0n) is 9.17. The number of para-hydroxylation sites is 1. The van der Waals surface area contributed by atoms with Crippen molar-refractivity contribution in [1.29, 1.82) is 0 Å². The highest BCUT2D eigenvalue weighted by atomic mass is 19.1. The van der Waals surface area contributed by atoms with Gasteiger partial charge in [0, 0.05) is 18.0 Å². The summed E-state index contributed by atoms with van der Waals surface area (Å²) in [6.45, 7) is 0. The third-order valence-electron chi connectivity index (χ3n) is 2.37. The number of hydrogen-bond acceptors (Lipinski definition) is 4. The quantitative estimate of drug-likeness (QED) is 0.878. The average Bonchev–Trinajstić information content (AvgIpc) is 2.38. The molecule has 2 aromatic rings. The molecule has 1 unspecified atom stereocenters. The van der Waals surface area contributed by atoms with E-state index in [1.165, 1.54) is 19.5 Å². The van der Waals surface area contributed by atoms with Crippen LogP contribution in [0.4, 0.5) is 4.39 Å². The molecule has 2 rings (SSSR count). The minimum absolute atomic E-state index is 0.114. The number of halogens is 1. The maximum absolute atomic E-state index is 13.4. The van der Waals surface area contributed by atoms with Crippen molar-refractivity contribution in [2.45, 2.75) is 6.10 Å².